The van der Waals surface area contributed by atoms with E-state index in [0.29, 0.717) is 47.7 Å². The van der Waals surface area contributed by atoms with Crippen LogP contribution in [0.1, 0.15) is 28.9 Å². The van der Waals surface area contributed by atoms with Crippen molar-refractivity contribution in [2.24, 2.45) is 0 Å². The van der Waals surface area contributed by atoms with Gasteiger partial charge in [0.05, 0.1) is 23.3 Å². The van der Waals surface area contributed by atoms with Crippen LogP contribution in [0.3, 0.4) is 0 Å². The topological polar surface area (TPSA) is 51.7 Å². The van der Waals surface area contributed by atoms with Crippen molar-refractivity contribution in [1.29, 1.82) is 0 Å². The number of anilines is 1. The van der Waals surface area contributed by atoms with Gasteiger partial charge >= 0.3 is 5.97 Å². The Hall–Kier alpha value is -1.82. The van der Waals surface area contributed by atoms with Crippen LogP contribution >= 0.6 is 23.2 Å². The summed E-state index contributed by atoms with van der Waals surface area (Å²) in [7, 11) is 0. The minimum Gasteiger partial charge on any atom is -0.462 e. The van der Waals surface area contributed by atoms with E-state index in [0.717, 1.165) is 5.56 Å². The number of nitrogens with zero attached hydrogens (tertiary/aromatic N) is 2. The lowest BCUT2D eigenvalue weighted by Gasteiger charge is -2.34. The number of hydrogen-bond donors (Lipinski definition) is 0. The zero-order chi connectivity index (χ0) is 17.8. The Bertz CT molecular complexity index is 770. The van der Waals surface area contributed by atoms with E-state index in [1.54, 1.807) is 31.3 Å². The van der Waals surface area contributed by atoms with E-state index in [4.69, 9.17) is 32.7 Å². The third-order valence-corrected chi connectivity index (χ3v) is 4.70. The highest BCUT2D eigenvalue weighted by molar-refractivity contribution is 6.42. The Balaban J connectivity index is 1.84. The monoisotopic (exact) mass is 380 g/mol. The first-order chi connectivity index (χ1) is 12.1. The van der Waals surface area contributed by atoms with E-state index in [-0.39, 0.29) is 12.1 Å². The van der Waals surface area contributed by atoms with Crippen molar-refractivity contribution in [3.8, 4) is 0 Å². The Morgan fingerprint density at radius 2 is 2.20 bits per heavy atom. The first-order valence-electron chi connectivity index (χ1n) is 8.03. The minimum absolute atomic E-state index is 0.180. The molecule has 25 heavy (non-hydrogen) atoms. The molecule has 1 aromatic heterocycles. The largest absolute Gasteiger partial charge is 0.462 e. The molecular formula is C18H18Cl2N2O3. The van der Waals surface area contributed by atoms with Gasteiger partial charge in [-0.25, -0.2) is 9.78 Å². The van der Waals surface area contributed by atoms with Gasteiger partial charge in [-0.3, -0.25) is 0 Å². The van der Waals surface area contributed by atoms with E-state index in [1.165, 1.54) is 0 Å². The molecule has 0 spiro atoms. The maximum Gasteiger partial charge on any atom is 0.341 e. The molecule has 2 aromatic rings. The molecule has 1 aliphatic heterocycles. The van der Waals surface area contributed by atoms with Crippen LogP contribution < -0.4 is 4.90 Å². The second kappa shape index (κ2) is 8.04. The fourth-order valence-corrected chi connectivity index (χ4v) is 3.08. The molecule has 1 atom stereocenters. The maximum atomic E-state index is 12.2. The Labute approximate surface area is 156 Å². The van der Waals surface area contributed by atoms with Crippen molar-refractivity contribution in [2.75, 3.05) is 31.2 Å². The fraction of sp³-hybridized carbons (Fsp3) is 0.333. The third kappa shape index (κ3) is 4.06. The van der Waals surface area contributed by atoms with Gasteiger partial charge in [-0.1, -0.05) is 29.3 Å². The molecule has 2 heterocycles. The molecular weight excluding hydrogens is 363 g/mol. The van der Waals surface area contributed by atoms with Crippen LogP contribution in [0.25, 0.3) is 0 Å². The van der Waals surface area contributed by atoms with Crippen LogP contribution in [-0.4, -0.2) is 37.3 Å². The summed E-state index contributed by atoms with van der Waals surface area (Å²) in [4.78, 5) is 18.6. The summed E-state index contributed by atoms with van der Waals surface area (Å²) in [5.74, 6) is 0.234. The van der Waals surface area contributed by atoms with Gasteiger partial charge in [0.1, 0.15) is 17.5 Å². The quantitative estimate of drug-likeness (QED) is 0.745. The van der Waals surface area contributed by atoms with Gasteiger partial charge in [-0.05, 0) is 36.8 Å². The second-order valence-electron chi connectivity index (χ2n) is 5.57. The van der Waals surface area contributed by atoms with Crippen molar-refractivity contribution < 1.29 is 14.3 Å². The normalized spacial score (nSPS) is 17.4. The smallest absolute Gasteiger partial charge is 0.341 e. The van der Waals surface area contributed by atoms with Crippen LogP contribution in [0, 0.1) is 0 Å². The molecule has 1 saturated heterocycles. The van der Waals surface area contributed by atoms with Crippen LogP contribution in [0.2, 0.25) is 10.0 Å². The molecule has 1 aromatic carbocycles. The fourth-order valence-electron chi connectivity index (χ4n) is 2.77. The molecule has 0 N–H and O–H groups in total. The predicted molar refractivity (Wildman–Crippen MR) is 97.6 cm³/mol. The number of carbonyl (C=O) groups is 1. The van der Waals surface area contributed by atoms with Crippen molar-refractivity contribution in [2.45, 2.75) is 13.0 Å². The molecule has 0 aliphatic carbocycles. The lowest BCUT2D eigenvalue weighted by Crippen LogP contribution is -2.39. The number of carbonyl (C=O) groups excluding carboxylic acids is 1. The Morgan fingerprint density at radius 3 is 2.96 bits per heavy atom. The van der Waals surface area contributed by atoms with Crippen molar-refractivity contribution >= 4 is 35.0 Å². The highest BCUT2D eigenvalue weighted by Crippen LogP contribution is 2.31. The number of hydrogen-bond acceptors (Lipinski definition) is 5. The molecule has 7 heteroatoms. The summed E-state index contributed by atoms with van der Waals surface area (Å²) in [5.41, 5.74) is 1.40. The summed E-state index contributed by atoms with van der Waals surface area (Å²) in [6, 6.07) is 8.92. The minimum atomic E-state index is -0.372. The molecule has 0 radical (unpaired) electrons. The summed E-state index contributed by atoms with van der Waals surface area (Å²) >= 11 is 12.1. The highest BCUT2D eigenvalue weighted by Gasteiger charge is 2.26. The van der Waals surface area contributed by atoms with Crippen LogP contribution in [0.5, 0.6) is 0 Å². The van der Waals surface area contributed by atoms with Gasteiger partial charge in [0.25, 0.3) is 0 Å². The van der Waals surface area contributed by atoms with E-state index in [2.05, 4.69) is 4.98 Å². The van der Waals surface area contributed by atoms with Gasteiger partial charge < -0.3 is 14.4 Å². The zero-order valence-corrected chi connectivity index (χ0v) is 15.3. The van der Waals surface area contributed by atoms with E-state index in [1.807, 2.05) is 17.0 Å². The van der Waals surface area contributed by atoms with Gasteiger partial charge in [-0.15, -0.1) is 0 Å². The lowest BCUT2D eigenvalue weighted by atomic mass is 10.1. The van der Waals surface area contributed by atoms with Gasteiger partial charge in [0, 0.05) is 19.3 Å². The Kier molecular flexibility index (Phi) is 5.78. The number of aromatic nitrogens is 1. The number of esters is 1. The van der Waals surface area contributed by atoms with Gasteiger partial charge in [-0.2, -0.15) is 0 Å². The summed E-state index contributed by atoms with van der Waals surface area (Å²) in [6.45, 7) is 3.82. The molecule has 3 rings (SSSR count). The third-order valence-electron chi connectivity index (χ3n) is 3.96. The van der Waals surface area contributed by atoms with E-state index in [9.17, 15) is 4.79 Å². The average Bonchev–Trinajstić information content (AvgIpc) is 2.64. The van der Waals surface area contributed by atoms with Crippen molar-refractivity contribution in [3.05, 3.63) is 57.7 Å². The highest BCUT2D eigenvalue weighted by atomic mass is 35.5. The van der Waals surface area contributed by atoms with Gasteiger partial charge in [0.2, 0.25) is 0 Å². The maximum absolute atomic E-state index is 12.2. The molecule has 0 amide bonds. The number of pyridine rings is 1. The number of morpholine rings is 1. The summed E-state index contributed by atoms with van der Waals surface area (Å²) in [5, 5.41) is 0.998. The average molecular weight is 381 g/mol. The van der Waals surface area contributed by atoms with Crippen LogP contribution in [0.15, 0.2) is 36.5 Å². The molecule has 132 valence electrons. The first-order valence-corrected chi connectivity index (χ1v) is 8.79. The molecule has 0 saturated carbocycles. The standard InChI is InChI=1S/C18H18Cl2N2O3/c1-2-24-18(23)13-4-3-7-21-17(13)22-8-9-25-16(11-22)12-5-6-14(19)15(20)10-12/h3-7,10,16H,2,8-9,11H2,1H3. The Morgan fingerprint density at radius 1 is 1.36 bits per heavy atom. The number of ether oxygens (including phenoxy) is 2. The van der Waals surface area contributed by atoms with E-state index >= 15 is 0 Å². The number of halogens is 2. The molecule has 1 unspecified atom stereocenters. The molecule has 1 fully saturated rings. The summed E-state index contributed by atoms with van der Waals surface area (Å²) < 4.78 is 11.0. The zero-order valence-electron chi connectivity index (χ0n) is 13.7. The van der Waals surface area contributed by atoms with E-state index < -0.39 is 0 Å². The number of benzene rings is 1. The SMILES string of the molecule is CCOC(=O)c1cccnc1N1CCOC(c2ccc(Cl)c(Cl)c2)C1. The second-order valence-corrected chi connectivity index (χ2v) is 6.39. The molecule has 1 aliphatic rings. The van der Waals surface area contributed by atoms with Crippen LogP contribution in [0.4, 0.5) is 5.82 Å². The lowest BCUT2D eigenvalue weighted by molar-refractivity contribution is 0.0389. The summed E-state index contributed by atoms with van der Waals surface area (Å²) in [6.07, 6.45) is 1.49. The molecule has 0 bridgehead atoms. The van der Waals surface area contributed by atoms with Crippen LogP contribution in [-0.2, 0) is 9.47 Å². The van der Waals surface area contributed by atoms with Crippen molar-refractivity contribution in [3.63, 3.8) is 0 Å². The number of rotatable bonds is 4. The molecule has 5 nitrogen and oxygen atoms in total. The predicted octanol–water partition coefficient (Wildman–Crippen LogP) is 4.14. The first kappa shape index (κ1) is 18.0. The van der Waals surface area contributed by atoms with Gasteiger partial charge in [0.15, 0.2) is 0 Å². The van der Waals surface area contributed by atoms with Crippen molar-refractivity contribution in [1.82, 2.24) is 4.98 Å².